The first-order chi connectivity index (χ1) is 9.65. The zero-order valence-corrected chi connectivity index (χ0v) is 12.0. The number of benzene rings is 1. The number of halogens is 1. The number of rotatable bonds is 2. The van der Waals surface area contributed by atoms with E-state index in [1.165, 1.54) is 0 Å². The lowest BCUT2D eigenvalue weighted by molar-refractivity contribution is -0.120. The average molecular weight is 297 g/mol. The van der Waals surface area contributed by atoms with Gasteiger partial charge in [-0.05, 0) is 12.5 Å². The number of fused-ring (bicyclic) bond motifs is 1. The van der Waals surface area contributed by atoms with Gasteiger partial charge < -0.3 is 20.1 Å². The van der Waals surface area contributed by atoms with E-state index in [0.29, 0.717) is 47.9 Å². The van der Waals surface area contributed by atoms with Gasteiger partial charge in [-0.1, -0.05) is 18.5 Å². The minimum atomic E-state index is -0.0285. The summed E-state index contributed by atoms with van der Waals surface area (Å²) in [6, 6.07) is 3.41. The van der Waals surface area contributed by atoms with Gasteiger partial charge in [0.1, 0.15) is 13.2 Å². The van der Waals surface area contributed by atoms with Gasteiger partial charge in [-0.2, -0.15) is 0 Å². The molecule has 1 aromatic rings. The highest BCUT2D eigenvalue weighted by atomic mass is 35.5. The van der Waals surface area contributed by atoms with Crippen LogP contribution in [0.5, 0.6) is 11.5 Å². The molecule has 2 aliphatic rings. The third-order valence-electron chi connectivity index (χ3n) is 3.74. The fraction of sp³-hybridized carbons (Fsp3) is 0.500. The Morgan fingerprint density at radius 1 is 1.30 bits per heavy atom. The molecule has 3 rings (SSSR count). The molecular weight excluding hydrogens is 280 g/mol. The Morgan fingerprint density at radius 2 is 2.00 bits per heavy atom. The molecule has 0 aromatic heterocycles. The van der Waals surface area contributed by atoms with Crippen LogP contribution in [-0.4, -0.2) is 32.2 Å². The van der Waals surface area contributed by atoms with Gasteiger partial charge in [-0.25, -0.2) is 0 Å². The number of hydrogen-bond donors (Lipinski definition) is 2. The molecule has 108 valence electrons. The van der Waals surface area contributed by atoms with Gasteiger partial charge in [0.2, 0.25) is 5.91 Å². The summed E-state index contributed by atoms with van der Waals surface area (Å²) in [7, 11) is 0. The van der Waals surface area contributed by atoms with Gasteiger partial charge in [0.05, 0.1) is 16.6 Å². The Kier molecular flexibility index (Phi) is 3.72. The van der Waals surface area contributed by atoms with Crippen molar-refractivity contribution in [2.24, 2.45) is 11.8 Å². The first-order valence-electron chi connectivity index (χ1n) is 6.76. The van der Waals surface area contributed by atoms with Crippen LogP contribution in [0.1, 0.15) is 6.92 Å². The second-order valence-corrected chi connectivity index (χ2v) is 5.61. The summed E-state index contributed by atoms with van der Waals surface area (Å²) in [6.45, 7) is 4.66. The third-order valence-corrected chi connectivity index (χ3v) is 4.06. The molecule has 2 atom stereocenters. The van der Waals surface area contributed by atoms with Gasteiger partial charge >= 0.3 is 0 Å². The van der Waals surface area contributed by atoms with Crippen molar-refractivity contribution in [3.63, 3.8) is 0 Å². The summed E-state index contributed by atoms with van der Waals surface area (Å²) < 4.78 is 10.9. The minimum Gasteiger partial charge on any atom is -0.486 e. The van der Waals surface area contributed by atoms with E-state index in [4.69, 9.17) is 21.1 Å². The predicted octanol–water partition coefficient (Wildman–Crippen LogP) is 1.91. The van der Waals surface area contributed by atoms with Crippen LogP contribution in [0.3, 0.4) is 0 Å². The summed E-state index contributed by atoms with van der Waals surface area (Å²) in [5, 5.41) is 6.56. The van der Waals surface area contributed by atoms with Gasteiger partial charge in [-0.15, -0.1) is 0 Å². The fourth-order valence-electron chi connectivity index (χ4n) is 2.55. The Balaban J connectivity index is 1.78. The monoisotopic (exact) mass is 296 g/mol. The van der Waals surface area contributed by atoms with E-state index < -0.39 is 0 Å². The Labute approximate surface area is 122 Å². The van der Waals surface area contributed by atoms with Crippen molar-refractivity contribution >= 4 is 23.2 Å². The standard InChI is InChI=1S/C14H17ClN2O3/c1-8-6-16-7-9(8)14(18)17-11-5-13-12(4-10(11)15)19-2-3-20-13/h4-5,8-9,16H,2-3,6-7H2,1H3,(H,17,18)/t8-,9-/m1/s1. The third kappa shape index (κ3) is 2.55. The second-order valence-electron chi connectivity index (χ2n) is 5.21. The van der Waals surface area contributed by atoms with Crippen molar-refractivity contribution in [3.05, 3.63) is 17.2 Å². The van der Waals surface area contributed by atoms with Crippen LogP contribution in [0.15, 0.2) is 12.1 Å². The van der Waals surface area contributed by atoms with Gasteiger partial charge in [0.25, 0.3) is 0 Å². The first kappa shape index (κ1) is 13.5. The summed E-state index contributed by atoms with van der Waals surface area (Å²) >= 11 is 6.18. The number of carbonyl (C=O) groups is 1. The van der Waals surface area contributed by atoms with E-state index >= 15 is 0 Å². The lowest BCUT2D eigenvalue weighted by Gasteiger charge is -2.21. The summed E-state index contributed by atoms with van der Waals surface area (Å²) in [6.07, 6.45) is 0. The molecule has 0 unspecified atom stereocenters. The molecule has 0 aliphatic carbocycles. The molecule has 2 aliphatic heterocycles. The molecule has 1 saturated heterocycles. The van der Waals surface area contributed by atoms with E-state index in [9.17, 15) is 4.79 Å². The molecule has 2 heterocycles. The van der Waals surface area contributed by atoms with E-state index in [-0.39, 0.29) is 11.8 Å². The quantitative estimate of drug-likeness (QED) is 0.875. The summed E-state index contributed by atoms with van der Waals surface area (Å²) in [4.78, 5) is 12.3. The molecule has 5 nitrogen and oxygen atoms in total. The average Bonchev–Trinajstić information content (AvgIpc) is 2.86. The predicted molar refractivity (Wildman–Crippen MR) is 76.6 cm³/mol. The Morgan fingerprint density at radius 3 is 2.65 bits per heavy atom. The molecule has 20 heavy (non-hydrogen) atoms. The van der Waals surface area contributed by atoms with Gasteiger partial charge in [-0.3, -0.25) is 4.79 Å². The number of nitrogens with one attached hydrogen (secondary N) is 2. The van der Waals surface area contributed by atoms with Crippen molar-refractivity contribution in [1.82, 2.24) is 5.32 Å². The molecule has 2 N–H and O–H groups in total. The summed E-state index contributed by atoms with van der Waals surface area (Å²) in [5.74, 6) is 1.52. The highest BCUT2D eigenvalue weighted by molar-refractivity contribution is 6.34. The Bertz CT molecular complexity index is 535. The van der Waals surface area contributed by atoms with E-state index in [0.717, 1.165) is 6.54 Å². The topological polar surface area (TPSA) is 59.6 Å². The zero-order chi connectivity index (χ0) is 14.1. The van der Waals surface area contributed by atoms with Crippen LogP contribution in [0.2, 0.25) is 5.02 Å². The molecule has 1 fully saturated rings. The van der Waals surface area contributed by atoms with Crippen molar-refractivity contribution in [2.45, 2.75) is 6.92 Å². The lowest BCUT2D eigenvalue weighted by atomic mass is 9.97. The molecule has 0 spiro atoms. The van der Waals surface area contributed by atoms with Crippen molar-refractivity contribution in [2.75, 3.05) is 31.6 Å². The molecule has 6 heteroatoms. The molecular formula is C14H17ClN2O3. The largest absolute Gasteiger partial charge is 0.486 e. The van der Waals surface area contributed by atoms with E-state index in [1.807, 2.05) is 0 Å². The number of ether oxygens (including phenoxy) is 2. The molecule has 0 radical (unpaired) electrons. The van der Waals surface area contributed by atoms with Crippen LogP contribution in [0.25, 0.3) is 0 Å². The van der Waals surface area contributed by atoms with Crippen LogP contribution >= 0.6 is 11.6 Å². The maximum atomic E-state index is 12.3. The Hall–Kier alpha value is -1.46. The van der Waals surface area contributed by atoms with E-state index in [1.54, 1.807) is 12.1 Å². The zero-order valence-electron chi connectivity index (χ0n) is 11.2. The normalized spacial score (nSPS) is 24.5. The SMILES string of the molecule is C[C@@H]1CNC[C@H]1C(=O)Nc1cc2c(cc1Cl)OCCO2. The highest BCUT2D eigenvalue weighted by Crippen LogP contribution is 2.38. The molecule has 0 saturated carbocycles. The minimum absolute atomic E-state index is 0.0129. The smallest absolute Gasteiger partial charge is 0.229 e. The number of carbonyl (C=O) groups excluding carboxylic acids is 1. The molecule has 1 aromatic carbocycles. The van der Waals surface area contributed by atoms with Crippen LogP contribution in [-0.2, 0) is 4.79 Å². The molecule has 0 bridgehead atoms. The fourth-order valence-corrected chi connectivity index (χ4v) is 2.75. The maximum Gasteiger partial charge on any atom is 0.229 e. The summed E-state index contributed by atoms with van der Waals surface area (Å²) in [5.41, 5.74) is 0.569. The van der Waals surface area contributed by atoms with Gasteiger partial charge in [0, 0.05) is 18.7 Å². The van der Waals surface area contributed by atoms with Crippen molar-refractivity contribution < 1.29 is 14.3 Å². The first-order valence-corrected chi connectivity index (χ1v) is 7.13. The van der Waals surface area contributed by atoms with Crippen molar-refractivity contribution in [3.8, 4) is 11.5 Å². The lowest BCUT2D eigenvalue weighted by Crippen LogP contribution is -2.28. The molecule has 1 amide bonds. The maximum absolute atomic E-state index is 12.3. The number of anilines is 1. The van der Waals surface area contributed by atoms with Crippen LogP contribution in [0.4, 0.5) is 5.69 Å². The van der Waals surface area contributed by atoms with E-state index in [2.05, 4.69) is 17.6 Å². The number of hydrogen-bond acceptors (Lipinski definition) is 4. The van der Waals surface area contributed by atoms with Gasteiger partial charge in [0.15, 0.2) is 11.5 Å². The van der Waals surface area contributed by atoms with Crippen LogP contribution < -0.4 is 20.1 Å². The number of amides is 1. The van der Waals surface area contributed by atoms with Crippen LogP contribution in [0, 0.1) is 11.8 Å². The second kappa shape index (κ2) is 5.50. The highest BCUT2D eigenvalue weighted by Gasteiger charge is 2.30. The van der Waals surface area contributed by atoms with Crippen molar-refractivity contribution in [1.29, 1.82) is 0 Å².